The van der Waals surface area contributed by atoms with Crippen molar-refractivity contribution < 1.29 is 18.4 Å². The minimum Gasteiger partial charge on any atom is -0.451 e. The van der Waals surface area contributed by atoms with Crippen LogP contribution in [-0.2, 0) is 6.54 Å². The number of alkyl halides is 1. The molecule has 10 heteroatoms. The summed E-state index contributed by atoms with van der Waals surface area (Å²) in [6.07, 6.45) is 2.77. The molecule has 9 nitrogen and oxygen atoms in total. The van der Waals surface area contributed by atoms with E-state index in [0.29, 0.717) is 0 Å². The van der Waals surface area contributed by atoms with Gasteiger partial charge < -0.3 is 15.1 Å². The Morgan fingerprint density at radius 1 is 1.45 bits per heavy atom. The van der Waals surface area contributed by atoms with E-state index in [2.05, 4.69) is 15.3 Å². The van der Waals surface area contributed by atoms with Crippen molar-refractivity contribution in [3.8, 4) is 0 Å². The molecule has 0 aromatic carbocycles. The summed E-state index contributed by atoms with van der Waals surface area (Å²) in [7, 11) is 0. The number of nitrogens with zero attached hydrogens (tertiary/aromatic N) is 5. The van der Waals surface area contributed by atoms with Crippen molar-refractivity contribution in [1.82, 2.24) is 24.9 Å². The highest BCUT2D eigenvalue weighted by molar-refractivity contribution is 5.92. The van der Waals surface area contributed by atoms with Crippen molar-refractivity contribution in [2.45, 2.75) is 25.2 Å². The van der Waals surface area contributed by atoms with Crippen LogP contribution in [0.2, 0.25) is 0 Å². The molecule has 0 radical (unpaired) electrons. The van der Waals surface area contributed by atoms with Gasteiger partial charge in [-0.1, -0.05) is 5.21 Å². The number of carbonyl (C=O) groups is 2. The Hall–Kier alpha value is -2.78. The van der Waals surface area contributed by atoms with Gasteiger partial charge in [0, 0.05) is 6.42 Å². The van der Waals surface area contributed by atoms with Crippen LogP contribution in [0.1, 0.15) is 27.4 Å². The Labute approximate surface area is 123 Å². The van der Waals surface area contributed by atoms with Crippen molar-refractivity contribution >= 4 is 11.8 Å². The Bertz CT molecular complexity index is 685. The minimum absolute atomic E-state index is 0.0178. The van der Waals surface area contributed by atoms with Gasteiger partial charge in [-0.3, -0.25) is 9.59 Å². The second-order valence-corrected chi connectivity index (χ2v) is 5.01. The lowest BCUT2D eigenvalue weighted by Gasteiger charge is -2.22. The van der Waals surface area contributed by atoms with Crippen molar-refractivity contribution in [3.05, 3.63) is 30.2 Å². The first-order chi connectivity index (χ1) is 10.5. The summed E-state index contributed by atoms with van der Waals surface area (Å²) in [6.45, 7) is 0.192. The molecule has 1 saturated heterocycles. The van der Waals surface area contributed by atoms with Gasteiger partial charge in [0.2, 0.25) is 0 Å². The summed E-state index contributed by atoms with van der Waals surface area (Å²) in [4.78, 5) is 28.4. The molecule has 1 fully saturated rings. The fraction of sp³-hybridized carbons (Fsp3) is 0.417. The summed E-state index contributed by atoms with van der Waals surface area (Å²) >= 11 is 0. The lowest BCUT2D eigenvalue weighted by Crippen LogP contribution is -2.38. The zero-order valence-electron chi connectivity index (χ0n) is 11.4. The van der Waals surface area contributed by atoms with Crippen molar-refractivity contribution in [2.24, 2.45) is 5.73 Å². The molecule has 0 saturated carbocycles. The number of primary amides is 1. The summed E-state index contributed by atoms with van der Waals surface area (Å²) < 4.78 is 19.8. The van der Waals surface area contributed by atoms with Gasteiger partial charge in [0.1, 0.15) is 12.4 Å². The molecular formula is C12H13FN6O3. The highest BCUT2D eigenvalue weighted by Crippen LogP contribution is 2.23. The number of amides is 2. The molecule has 2 aromatic rings. The average Bonchev–Trinajstić information content (AvgIpc) is 3.18. The molecular weight excluding hydrogens is 295 g/mol. The van der Waals surface area contributed by atoms with Gasteiger partial charge in [-0.15, -0.1) is 5.10 Å². The van der Waals surface area contributed by atoms with Gasteiger partial charge in [-0.2, -0.15) is 0 Å². The van der Waals surface area contributed by atoms with Gasteiger partial charge >= 0.3 is 0 Å². The Kier molecular flexibility index (Phi) is 3.57. The zero-order chi connectivity index (χ0) is 15.7. The summed E-state index contributed by atoms with van der Waals surface area (Å²) in [5, 5.41) is 7.36. The normalized spacial score (nSPS) is 21.2. The third-order valence-corrected chi connectivity index (χ3v) is 3.46. The van der Waals surface area contributed by atoms with Crippen molar-refractivity contribution in [1.29, 1.82) is 0 Å². The number of hydrogen-bond acceptors (Lipinski definition) is 6. The number of rotatable bonds is 4. The van der Waals surface area contributed by atoms with Gasteiger partial charge in [0.25, 0.3) is 11.8 Å². The van der Waals surface area contributed by atoms with E-state index in [1.807, 2.05) is 0 Å². The Morgan fingerprint density at radius 3 is 2.91 bits per heavy atom. The summed E-state index contributed by atoms with van der Waals surface area (Å²) in [6, 6.07) is -0.415. The standard InChI is InChI=1S/C12H13FN6O3/c13-7-1-8(3-18-4-9(11(14)20)16-17-18)19(2-7)12(21)10-5-22-6-15-10/h4-8H,1-3H2,(H2,14,20). The van der Waals surface area contributed by atoms with E-state index in [0.717, 1.165) is 6.39 Å². The van der Waals surface area contributed by atoms with Crippen LogP contribution in [0.5, 0.6) is 0 Å². The number of nitrogens with two attached hydrogens (primary N) is 1. The van der Waals surface area contributed by atoms with Crippen molar-refractivity contribution in [3.63, 3.8) is 0 Å². The molecule has 0 bridgehead atoms. The maximum absolute atomic E-state index is 13.7. The molecule has 22 heavy (non-hydrogen) atoms. The lowest BCUT2D eigenvalue weighted by atomic mass is 10.2. The number of aromatic nitrogens is 4. The van der Waals surface area contributed by atoms with E-state index < -0.39 is 24.0 Å². The van der Waals surface area contributed by atoms with Crippen LogP contribution >= 0.6 is 0 Å². The first-order valence-corrected chi connectivity index (χ1v) is 6.57. The van der Waals surface area contributed by atoms with E-state index in [9.17, 15) is 14.0 Å². The second-order valence-electron chi connectivity index (χ2n) is 5.01. The smallest absolute Gasteiger partial charge is 0.276 e. The quantitative estimate of drug-likeness (QED) is 0.822. The zero-order valence-corrected chi connectivity index (χ0v) is 11.4. The molecule has 2 atom stereocenters. The number of likely N-dealkylation sites (tertiary alicyclic amines) is 1. The van der Waals surface area contributed by atoms with Crippen LogP contribution in [0.3, 0.4) is 0 Å². The van der Waals surface area contributed by atoms with E-state index in [1.165, 1.54) is 22.0 Å². The predicted molar refractivity (Wildman–Crippen MR) is 69.4 cm³/mol. The average molecular weight is 308 g/mol. The van der Waals surface area contributed by atoms with Crippen LogP contribution in [0, 0.1) is 0 Å². The summed E-state index contributed by atoms with van der Waals surface area (Å²) in [5.74, 6) is -1.11. The largest absolute Gasteiger partial charge is 0.451 e. The highest BCUT2D eigenvalue weighted by Gasteiger charge is 2.37. The molecule has 1 aliphatic rings. The molecule has 116 valence electrons. The molecule has 0 aliphatic carbocycles. The van der Waals surface area contributed by atoms with Crippen molar-refractivity contribution in [2.75, 3.05) is 6.54 Å². The van der Waals surface area contributed by atoms with Gasteiger partial charge in [0.05, 0.1) is 25.3 Å². The molecule has 2 amide bonds. The van der Waals surface area contributed by atoms with Crippen LogP contribution < -0.4 is 5.73 Å². The lowest BCUT2D eigenvalue weighted by molar-refractivity contribution is 0.0708. The maximum atomic E-state index is 13.7. The number of carbonyl (C=O) groups excluding carboxylic acids is 2. The molecule has 3 heterocycles. The third kappa shape index (κ3) is 2.67. The van der Waals surface area contributed by atoms with Crippen LogP contribution in [-0.4, -0.2) is 55.5 Å². The molecule has 2 aromatic heterocycles. The number of hydrogen-bond donors (Lipinski definition) is 1. The van der Waals surface area contributed by atoms with E-state index in [4.69, 9.17) is 10.2 Å². The molecule has 1 aliphatic heterocycles. The van der Waals surface area contributed by atoms with Gasteiger partial charge in [-0.05, 0) is 0 Å². The molecule has 2 N–H and O–H groups in total. The Balaban J connectivity index is 1.75. The Morgan fingerprint density at radius 2 is 2.27 bits per heavy atom. The third-order valence-electron chi connectivity index (χ3n) is 3.46. The van der Waals surface area contributed by atoms with Crippen LogP contribution in [0.15, 0.2) is 23.3 Å². The number of halogens is 1. The van der Waals surface area contributed by atoms with Crippen LogP contribution in [0.25, 0.3) is 0 Å². The fourth-order valence-electron chi connectivity index (χ4n) is 2.46. The number of oxazole rings is 1. The van der Waals surface area contributed by atoms with E-state index in [1.54, 1.807) is 0 Å². The first-order valence-electron chi connectivity index (χ1n) is 6.57. The maximum Gasteiger partial charge on any atom is 0.276 e. The molecule has 2 unspecified atom stereocenters. The molecule has 3 rings (SSSR count). The monoisotopic (exact) mass is 308 g/mol. The van der Waals surface area contributed by atoms with Gasteiger partial charge in [-0.25, -0.2) is 14.1 Å². The predicted octanol–water partition coefficient (Wildman–Crippen LogP) is -0.382. The topological polar surface area (TPSA) is 120 Å². The SMILES string of the molecule is NC(=O)c1cn(CC2CC(F)CN2C(=O)c2cocn2)nn1. The fourth-order valence-corrected chi connectivity index (χ4v) is 2.46. The van der Waals surface area contributed by atoms with E-state index >= 15 is 0 Å². The first kappa shape index (κ1) is 14.2. The summed E-state index contributed by atoms with van der Waals surface area (Å²) in [5.41, 5.74) is 5.24. The van der Waals surface area contributed by atoms with Gasteiger partial charge in [0.15, 0.2) is 17.8 Å². The highest BCUT2D eigenvalue weighted by atomic mass is 19.1. The minimum atomic E-state index is -1.13. The van der Waals surface area contributed by atoms with Crippen LogP contribution in [0.4, 0.5) is 4.39 Å². The molecule has 0 spiro atoms. The second kappa shape index (κ2) is 5.54. The van der Waals surface area contributed by atoms with E-state index in [-0.39, 0.29) is 30.9 Å².